The van der Waals surface area contributed by atoms with E-state index in [1.165, 1.54) is 0 Å². The van der Waals surface area contributed by atoms with Gasteiger partial charge in [-0.15, -0.1) is 0 Å². The number of carboxylic acids is 1. The second kappa shape index (κ2) is 5.79. The van der Waals surface area contributed by atoms with E-state index in [1.54, 1.807) is 9.80 Å². The number of urea groups is 2. The maximum Gasteiger partial charge on any atom is 0.317 e. The zero-order chi connectivity index (χ0) is 15.6. The van der Waals surface area contributed by atoms with E-state index in [0.29, 0.717) is 32.6 Å². The number of nitrogens with zero attached hydrogens (tertiary/aromatic N) is 2. The summed E-state index contributed by atoms with van der Waals surface area (Å²) in [5.41, 5.74) is -0.573. The van der Waals surface area contributed by atoms with E-state index >= 15 is 0 Å². The number of carbonyl (C=O) groups excluding carboxylic acids is 2. The Morgan fingerprint density at radius 2 is 2.14 bits per heavy atom. The first-order valence-electron chi connectivity index (χ1n) is 7.12. The van der Waals surface area contributed by atoms with Gasteiger partial charge in [0.25, 0.3) is 0 Å². The van der Waals surface area contributed by atoms with Gasteiger partial charge in [-0.1, -0.05) is 0 Å². The highest BCUT2D eigenvalue weighted by molar-refractivity contribution is 5.79. The number of carbonyl (C=O) groups is 3. The van der Waals surface area contributed by atoms with Crippen LogP contribution in [0.2, 0.25) is 0 Å². The molecule has 2 heterocycles. The second-order valence-corrected chi connectivity index (χ2v) is 6.19. The van der Waals surface area contributed by atoms with Crippen molar-refractivity contribution in [2.45, 2.75) is 38.3 Å². The van der Waals surface area contributed by atoms with Crippen LogP contribution < -0.4 is 10.6 Å². The first kappa shape index (κ1) is 15.4. The molecule has 0 aromatic heterocycles. The van der Waals surface area contributed by atoms with Crippen molar-refractivity contribution in [2.24, 2.45) is 0 Å². The van der Waals surface area contributed by atoms with Gasteiger partial charge in [0.05, 0.1) is 6.04 Å². The standard InChI is InChI=1S/C13H22N4O4/c1-13(2,4-3-10(18)19)15-12(21)16-5-6-17-9(8-16)7-14-11(17)20/h9H,3-8H2,1-2H3,(H,14,20)(H,15,21)(H,18,19). The zero-order valence-electron chi connectivity index (χ0n) is 12.4. The highest BCUT2D eigenvalue weighted by Gasteiger charge is 2.37. The highest BCUT2D eigenvalue weighted by atomic mass is 16.4. The molecule has 0 bridgehead atoms. The minimum atomic E-state index is -0.874. The number of hydrogen-bond acceptors (Lipinski definition) is 3. The van der Waals surface area contributed by atoms with E-state index in [1.807, 2.05) is 13.8 Å². The molecule has 0 aromatic carbocycles. The number of aliphatic carboxylic acids is 1. The van der Waals surface area contributed by atoms with Crippen LogP contribution >= 0.6 is 0 Å². The molecule has 21 heavy (non-hydrogen) atoms. The van der Waals surface area contributed by atoms with E-state index in [9.17, 15) is 14.4 Å². The van der Waals surface area contributed by atoms with Gasteiger partial charge in [-0.05, 0) is 20.3 Å². The number of rotatable bonds is 4. The van der Waals surface area contributed by atoms with Crippen LogP contribution in [0.3, 0.4) is 0 Å². The Kier molecular flexibility index (Phi) is 4.24. The van der Waals surface area contributed by atoms with E-state index in [2.05, 4.69) is 10.6 Å². The van der Waals surface area contributed by atoms with Gasteiger partial charge in [0, 0.05) is 38.1 Å². The van der Waals surface area contributed by atoms with Gasteiger partial charge in [0.2, 0.25) is 0 Å². The third-order valence-corrected chi connectivity index (χ3v) is 3.93. The van der Waals surface area contributed by atoms with Gasteiger partial charge in [-0.25, -0.2) is 9.59 Å². The smallest absolute Gasteiger partial charge is 0.317 e. The summed E-state index contributed by atoms with van der Waals surface area (Å²) >= 11 is 0. The Labute approximate surface area is 123 Å². The maximum atomic E-state index is 12.3. The number of nitrogens with one attached hydrogen (secondary N) is 2. The summed E-state index contributed by atoms with van der Waals surface area (Å²) in [6.45, 7) is 5.70. The summed E-state index contributed by atoms with van der Waals surface area (Å²) in [6, 6.07) is -0.245. The van der Waals surface area contributed by atoms with E-state index < -0.39 is 11.5 Å². The van der Waals surface area contributed by atoms with Gasteiger partial charge >= 0.3 is 18.0 Å². The second-order valence-electron chi connectivity index (χ2n) is 6.19. The molecule has 2 fully saturated rings. The molecule has 1 unspecified atom stereocenters. The third-order valence-electron chi connectivity index (χ3n) is 3.93. The first-order valence-corrected chi connectivity index (χ1v) is 7.12. The van der Waals surface area contributed by atoms with Crippen LogP contribution in [-0.4, -0.2) is 70.7 Å². The van der Waals surface area contributed by atoms with Crippen molar-refractivity contribution in [3.05, 3.63) is 0 Å². The van der Waals surface area contributed by atoms with E-state index in [0.717, 1.165) is 0 Å². The summed E-state index contributed by atoms with van der Waals surface area (Å²) in [7, 11) is 0. The SMILES string of the molecule is CC(C)(CCC(=O)O)NC(=O)N1CCN2C(=O)NCC2C1. The van der Waals surface area contributed by atoms with Crippen molar-refractivity contribution in [2.75, 3.05) is 26.2 Å². The van der Waals surface area contributed by atoms with Crippen molar-refractivity contribution in [1.82, 2.24) is 20.4 Å². The predicted octanol–water partition coefficient (Wildman–Crippen LogP) is 0.0488. The molecule has 0 spiro atoms. The molecule has 0 radical (unpaired) electrons. The fourth-order valence-electron chi connectivity index (χ4n) is 2.64. The van der Waals surface area contributed by atoms with Crippen LogP contribution in [0, 0.1) is 0 Å². The van der Waals surface area contributed by atoms with Gasteiger partial charge in [0.15, 0.2) is 0 Å². The topological polar surface area (TPSA) is 102 Å². The summed E-state index contributed by atoms with van der Waals surface area (Å²) in [6.07, 6.45) is 0.389. The average molecular weight is 298 g/mol. The molecule has 4 amide bonds. The molecule has 2 aliphatic heterocycles. The van der Waals surface area contributed by atoms with Crippen molar-refractivity contribution in [3.8, 4) is 0 Å². The number of hydrogen-bond donors (Lipinski definition) is 3. The molecule has 3 N–H and O–H groups in total. The Morgan fingerprint density at radius 1 is 1.43 bits per heavy atom. The average Bonchev–Trinajstić information content (AvgIpc) is 2.77. The normalized spacial score (nSPS) is 21.8. The van der Waals surface area contributed by atoms with Crippen LogP contribution in [0.1, 0.15) is 26.7 Å². The lowest BCUT2D eigenvalue weighted by Gasteiger charge is -2.38. The first-order chi connectivity index (χ1) is 9.78. The van der Waals surface area contributed by atoms with E-state index in [4.69, 9.17) is 5.11 Å². The minimum absolute atomic E-state index is 0.0160. The van der Waals surface area contributed by atoms with Gasteiger partial charge in [-0.3, -0.25) is 4.79 Å². The summed E-state index contributed by atoms with van der Waals surface area (Å²) in [5, 5.41) is 14.4. The van der Waals surface area contributed by atoms with Crippen LogP contribution in [0.15, 0.2) is 0 Å². The van der Waals surface area contributed by atoms with Crippen LogP contribution in [-0.2, 0) is 4.79 Å². The fourth-order valence-corrected chi connectivity index (χ4v) is 2.64. The molecule has 0 aliphatic carbocycles. The van der Waals surface area contributed by atoms with Crippen LogP contribution in [0.25, 0.3) is 0 Å². The summed E-state index contributed by atoms with van der Waals surface area (Å²) in [5.74, 6) is -0.874. The highest BCUT2D eigenvalue weighted by Crippen LogP contribution is 2.16. The van der Waals surface area contributed by atoms with Crippen molar-refractivity contribution >= 4 is 18.0 Å². The lowest BCUT2D eigenvalue weighted by molar-refractivity contribution is -0.137. The Bertz CT molecular complexity index is 451. The van der Waals surface area contributed by atoms with E-state index in [-0.39, 0.29) is 24.5 Å². The molecule has 118 valence electrons. The molecular weight excluding hydrogens is 276 g/mol. The number of carboxylic acid groups (broad SMARTS) is 1. The molecular formula is C13H22N4O4. The monoisotopic (exact) mass is 298 g/mol. The molecule has 1 atom stereocenters. The zero-order valence-corrected chi connectivity index (χ0v) is 12.4. The molecule has 0 saturated carbocycles. The molecule has 2 aliphatic rings. The molecule has 8 nitrogen and oxygen atoms in total. The van der Waals surface area contributed by atoms with Gasteiger partial charge in [0.1, 0.15) is 0 Å². The Hall–Kier alpha value is -1.99. The number of piperazine rings is 1. The molecule has 0 aromatic rings. The predicted molar refractivity (Wildman–Crippen MR) is 74.9 cm³/mol. The Morgan fingerprint density at radius 3 is 2.81 bits per heavy atom. The fraction of sp³-hybridized carbons (Fsp3) is 0.769. The maximum absolute atomic E-state index is 12.3. The largest absolute Gasteiger partial charge is 0.481 e. The lowest BCUT2D eigenvalue weighted by atomic mass is 9.98. The van der Waals surface area contributed by atoms with Crippen LogP contribution in [0.5, 0.6) is 0 Å². The lowest BCUT2D eigenvalue weighted by Crippen LogP contribution is -2.58. The summed E-state index contributed by atoms with van der Waals surface area (Å²) in [4.78, 5) is 37.8. The van der Waals surface area contributed by atoms with Crippen molar-refractivity contribution in [1.29, 1.82) is 0 Å². The molecule has 8 heteroatoms. The van der Waals surface area contributed by atoms with Gasteiger partial charge < -0.3 is 25.5 Å². The minimum Gasteiger partial charge on any atom is -0.481 e. The van der Waals surface area contributed by atoms with Crippen LogP contribution in [0.4, 0.5) is 9.59 Å². The number of fused-ring (bicyclic) bond motifs is 1. The summed E-state index contributed by atoms with van der Waals surface area (Å²) < 4.78 is 0. The van der Waals surface area contributed by atoms with Crippen molar-refractivity contribution < 1.29 is 19.5 Å². The van der Waals surface area contributed by atoms with Crippen molar-refractivity contribution in [3.63, 3.8) is 0 Å². The number of amides is 4. The molecule has 2 saturated heterocycles. The quantitative estimate of drug-likeness (QED) is 0.682. The molecule has 2 rings (SSSR count). The van der Waals surface area contributed by atoms with Gasteiger partial charge in [-0.2, -0.15) is 0 Å². The Balaban J connectivity index is 1.86. The third kappa shape index (κ3) is 3.77.